The Balaban J connectivity index is 2.18. The van der Waals surface area contributed by atoms with Crippen LogP contribution in [0.5, 0.6) is 0 Å². The van der Waals surface area contributed by atoms with Gasteiger partial charge < -0.3 is 9.64 Å². The summed E-state index contributed by atoms with van der Waals surface area (Å²) in [5, 5.41) is 1.12. The van der Waals surface area contributed by atoms with Gasteiger partial charge >= 0.3 is 0 Å². The third-order valence-corrected chi connectivity index (χ3v) is 3.13. The molecular formula is C14H15Cl2N3O. The largest absolute Gasteiger partial charge is 0.377 e. The molecule has 4 nitrogen and oxygen atoms in total. The summed E-state index contributed by atoms with van der Waals surface area (Å²) < 4.78 is 5.03. The molecule has 2 aromatic rings. The Hall–Kier alpha value is -1.36. The molecule has 0 unspecified atom stereocenters. The third-order valence-electron chi connectivity index (χ3n) is 2.70. The lowest BCUT2D eigenvalue weighted by Gasteiger charge is -2.19. The molecule has 2 rings (SSSR count). The van der Waals surface area contributed by atoms with Crippen LogP contribution in [0.15, 0.2) is 30.3 Å². The van der Waals surface area contributed by atoms with Crippen LogP contribution in [0.2, 0.25) is 10.2 Å². The van der Waals surface area contributed by atoms with E-state index in [1.807, 2.05) is 36.2 Å². The van der Waals surface area contributed by atoms with Gasteiger partial charge in [-0.2, -0.15) is 0 Å². The van der Waals surface area contributed by atoms with Gasteiger partial charge in [-0.25, -0.2) is 9.97 Å². The van der Waals surface area contributed by atoms with Gasteiger partial charge in [0.25, 0.3) is 0 Å². The summed E-state index contributed by atoms with van der Waals surface area (Å²) in [7, 11) is 3.54. The maximum Gasteiger partial charge on any atom is 0.158 e. The summed E-state index contributed by atoms with van der Waals surface area (Å²) in [5.74, 6) is 1.31. The topological polar surface area (TPSA) is 38.2 Å². The standard InChI is InChI=1S/C14H15Cl2N3O/c1-19(8-10-4-3-5-11(15)6-10)14-7-12(16)17-13(18-14)9-20-2/h3-7H,8-9H2,1-2H3. The summed E-state index contributed by atoms with van der Waals surface area (Å²) in [6, 6.07) is 9.45. The molecule has 20 heavy (non-hydrogen) atoms. The molecule has 0 aliphatic rings. The summed E-state index contributed by atoms with van der Waals surface area (Å²) >= 11 is 12.0. The fourth-order valence-corrected chi connectivity index (χ4v) is 2.24. The van der Waals surface area contributed by atoms with Gasteiger partial charge in [-0.05, 0) is 17.7 Å². The molecule has 0 N–H and O–H groups in total. The van der Waals surface area contributed by atoms with Gasteiger partial charge in [0.05, 0.1) is 0 Å². The zero-order valence-electron chi connectivity index (χ0n) is 11.3. The van der Waals surface area contributed by atoms with Crippen LogP contribution >= 0.6 is 23.2 Å². The SMILES string of the molecule is COCc1nc(Cl)cc(N(C)Cc2cccc(Cl)c2)n1. The van der Waals surface area contributed by atoms with Crippen molar-refractivity contribution < 1.29 is 4.74 Å². The molecule has 0 saturated heterocycles. The molecule has 0 aliphatic carbocycles. The molecule has 0 radical (unpaired) electrons. The number of anilines is 1. The fourth-order valence-electron chi connectivity index (χ4n) is 1.83. The number of ether oxygens (including phenoxy) is 1. The maximum absolute atomic E-state index is 6.00. The van der Waals surface area contributed by atoms with Crippen LogP contribution in [0.1, 0.15) is 11.4 Å². The molecule has 1 heterocycles. The fraction of sp³-hybridized carbons (Fsp3) is 0.286. The van der Waals surface area contributed by atoms with Crippen molar-refractivity contribution in [2.75, 3.05) is 19.1 Å². The lowest BCUT2D eigenvalue weighted by atomic mass is 10.2. The molecule has 0 saturated carbocycles. The Labute approximate surface area is 128 Å². The number of benzene rings is 1. The lowest BCUT2D eigenvalue weighted by Crippen LogP contribution is -2.18. The Morgan fingerprint density at radius 3 is 2.70 bits per heavy atom. The molecule has 0 amide bonds. The number of nitrogens with zero attached hydrogens (tertiary/aromatic N) is 3. The summed E-state index contributed by atoms with van der Waals surface area (Å²) in [5.41, 5.74) is 1.10. The highest BCUT2D eigenvalue weighted by atomic mass is 35.5. The Morgan fingerprint density at radius 1 is 1.20 bits per heavy atom. The van der Waals surface area contributed by atoms with Crippen molar-refractivity contribution in [3.05, 3.63) is 51.9 Å². The van der Waals surface area contributed by atoms with E-state index in [1.165, 1.54) is 0 Å². The summed E-state index contributed by atoms with van der Waals surface area (Å²) in [6.07, 6.45) is 0. The van der Waals surface area contributed by atoms with Crippen molar-refractivity contribution in [3.8, 4) is 0 Å². The molecule has 0 atom stereocenters. The average molecular weight is 312 g/mol. The zero-order chi connectivity index (χ0) is 14.5. The molecular weight excluding hydrogens is 297 g/mol. The summed E-state index contributed by atoms with van der Waals surface area (Å²) in [4.78, 5) is 10.5. The predicted octanol–water partition coefficient (Wildman–Crippen LogP) is 3.57. The van der Waals surface area contributed by atoms with E-state index >= 15 is 0 Å². The van der Waals surface area contributed by atoms with Gasteiger partial charge in [-0.1, -0.05) is 35.3 Å². The quantitative estimate of drug-likeness (QED) is 0.791. The predicted molar refractivity (Wildman–Crippen MR) is 81.3 cm³/mol. The minimum absolute atomic E-state index is 0.332. The van der Waals surface area contributed by atoms with Gasteiger partial charge in [-0.3, -0.25) is 0 Å². The Bertz CT molecular complexity index is 592. The van der Waals surface area contributed by atoms with Crippen LogP contribution < -0.4 is 4.90 Å². The number of aromatic nitrogens is 2. The number of rotatable bonds is 5. The van der Waals surface area contributed by atoms with Crippen molar-refractivity contribution >= 4 is 29.0 Å². The van der Waals surface area contributed by atoms with E-state index in [-0.39, 0.29) is 0 Å². The maximum atomic E-state index is 6.00. The molecule has 0 aliphatic heterocycles. The normalized spacial score (nSPS) is 10.6. The van der Waals surface area contributed by atoms with Crippen LogP contribution in [0.3, 0.4) is 0 Å². The number of hydrogen-bond donors (Lipinski definition) is 0. The number of halogens is 2. The highest BCUT2D eigenvalue weighted by Crippen LogP contribution is 2.19. The minimum Gasteiger partial charge on any atom is -0.377 e. The molecule has 1 aromatic heterocycles. The second-order valence-electron chi connectivity index (χ2n) is 4.38. The second-order valence-corrected chi connectivity index (χ2v) is 5.21. The van der Waals surface area contributed by atoms with Gasteiger partial charge in [-0.15, -0.1) is 0 Å². The van der Waals surface area contributed by atoms with Crippen molar-refractivity contribution in [2.45, 2.75) is 13.2 Å². The highest BCUT2D eigenvalue weighted by Gasteiger charge is 2.08. The first kappa shape index (κ1) is 15.0. The number of hydrogen-bond acceptors (Lipinski definition) is 4. The zero-order valence-corrected chi connectivity index (χ0v) is 12.8. The monoisotopic (exact) mass is 311 g/mol. The van der Waals surface area contributed by atoms with Crippen LogP contribution in [-0.4, -0.2) is 24.1 Å². The molecule has 106 valence electrons. The van der Waals surface area contributed by atoms with Gasteiger partial charge in [0.2, 0.25) is 0 Å². The molecule has 0 bridgehead atoms. The first-order chi connectivity index (χ1) is 9.58. The van der Waals surface area contributed by atoms with Crippen LogP contribution in [0.4, 0.5) is 5.82 Å². The highest BCUT2D eigenvalue weighted by molar-refractivity contribution is 6.30. The van der Waals surface area contributed by atoms with Gasteiger partial charge in [0, 0.05) is 31.8 Å². The second kappa shape index (κ2) is 6.88. The summed E-state index contributed by atoms with van der Waals surface area (Å²) in [6.45, 7) is 1.01. The lowest BCUT2D eigenvalue weighted by molar-refractivity contribution is 0.178. The molecule has 0 fully saturated rings. The first-order valence-electron chi connectivity index (χ1n) is 6.06. The van der Waals surface area contributed by atoms with Crippen molar-refractivity contribution in [3.63, 3.8) is 0 Å². The van der Waals surface area contributed by atoms with E-state index in [9.17, 15) is 0 Å². The van der Waals surface area contributed by atoms with Crippen molar-refractivity contribution in [1.29, 1.82) is 0 Å². The van der Waals surface area contributed by atoms with E-state index in [1.54, 1.807) is 13.2 Å². The Kier molecular flexibility index (Phi) is 5.17. The molecule has 1 aromatic carbocycles. The average Bonchev–Trinajstić information content (AvgIpc) is 2.38. The minimum atomic E-state index is 0.332. The third kappa shape index (κ3) is 4.07. The molecule has 0 spiro atoms. The van der Waals surface area contributed by atoms with E-state index in [0.717, 1.165) is 16.4 Å². The van der Waals surface area contributed by atoms with Crippen molar-refractivity contribution in [1.82, 2.24) is 9.97 Å². The van der Waals surface area contributed by atoms with E-state index < -0.39 is 0 Å². The van der Waals surface area contributed by atoms with Crippen molar-refractivity contribution in [2.24, 2.45) is 0 Å². The first-order valence-corrected chi connectivity index (χ1v) is 6.82. The van der Waals surface area contributed by atoms with Crippen LogP contribution in [0.25, 0.3) is 0 Å². The van der Waals surface area contributed by atoms with E-state index in [0.29, 0.717) is 24.1 Å². The Morgan fingerprint density at radius 2 is 2.00 bits per heavy atom. The van der Waals surface area contributed by atoms with E-state index in [2.05, 4.69) is 9.97 Å². The van der Waals surface area contributed by atoms with Crippen LogP contribution in [-0.2, 0) is 17.9 Å². The molecule has 6 heteroatoms. The smallest absolute Gasteiger partial charge is 0.158 e. The van der Waals surface area contributed by atoms with Gasteiger partial charge in [0.1, 0.15) is 17.6 Å². The van der Waals surface area contributed by atoms with Crippen LogP contribution in [0, 0.1) is 0 Å². The number of methoxy groups -OCH3 is 1. The van der Waals surface area contributed by atoms with Gasteiger partial charge in [0.15, 0.2) is 5.82 Å². The van der Waals surface area contributed by atoms with E-state index in [4.69, 9.17) is 27.9 Å².